The summed E-state index contributed by atoms with van der Waals surface area (Å²) in [5, 5.41) is 1.97. The Kier molecular flexibility index (Phi) is 3.92. The Hall–Kier alpha value is -2.80. The van der Waals surface area contributed by atoms with Crippen LogP contribution in [-0.2, 0) is 24.3 Å². The molecular formula is C17H15N3O3S. The van der Waals surface area contributed by atoms with Gasteiger partial charge in [0.05, 0.1) is 37.7 Å². The Labute approximate surface area is 141 Å². The van der Waals surface area contributed by atoms with Crippen LogP contribution in [0.1, 0.15) is 17.2 Å². The molecule has 1 amide bonds. The zero-order valence-corrected chi connectivity index (χ0v) is 13.6. The largest absolute Gasteiger partial charge is 0.467 e. The van der Waals surface area contributed by atoms with Gasteiger partial charge in [-0.2, -0.15) is 0 Å². The topological polar surface area (TPSA) is 63.9 Å². The lowest BCUT2D eigenvalue weighted by atomic mass is 10.2. The first-order valence-corrected chi connectivity index (χ1v) is 8.39. The predicted molar refractivity (Wildman–Crippen MR) is 88.4 cm³/mol. The molecule has 0 aromatic carbocycles. The minimum absolute atomic E-state index is 0.0199. The quantitative estimate of drug-likeness (QED) is 0.539. The fraction of sp³-hybridized carbons (Fsp3) is 0.176. The van der Waals surface area contributed by atoms with Gasteiger partial charge >= 0.3 is 0 Å². The Balaban J connectivity index is 1.52. The monoisotopic (exact) mass is 341 g/mol. The second-order valence-corrected chi connectivity index (χ2v) is 6.28. The molecular weight excluding hydrogens is 326 g/mol. The van der Waals surface area contributed by atoms with E-state index in [-0.39, 0.29) is 12.3 Å². The number of thiazole rings is 1. The first-order chi connectivity index (χ1) is 11.8. The minimum Gasteiger partial charge on any atom is -0.467 e. The molecule has 122 valence electrons. The third-order valence-corrected chi connectivity index (χ3v) is 4.45. The lowest BCUT2D eigenvalue weighted by Gasteiger charge is -2.20. The summed E-state index contributed by atoms with van der Waals surface area (Å²) in [6.07, 6.45) is 7.28. The van der Waals surface area contributed by atoms with Crippen molar-refractivity contribution in [2.24, 2.45) is 0 Å². The van der Waals surface area contributed by atoms with E-state index in [4.69, 9.17) is 8.83 Å². The molecule has 0 radical (unpaired) electrons. The molecule has 0 saturated heterocycles. The number of hydrogen-bond donors (Lipinski definition) is 0. The van der Waals surface area contributed by atoms with E-state index in [1.165, 1.54) is 0 Å². The van der Waals surface area contributed by atoms with Gasteiger partial charge in [0.25, 0.3) is 0 Å². The number of aromatic nitrogens is 2. The van der Waals surface area contributed by atoms with E-state index in [0.29, 0.717) is 13.1 Å². The van der Waals surface area contributed by atoms with E-state index in [9.17, 15) is 4.79 Å². The minimum atomic E-state index is -0.0199. The number of carbonyl (C=O) groups excluding carboxylic acids is 1. The first-order valence-electron chi connectivity index (χ1n) is 7.51. The van der Waals surface area contributed by atoms with Gasteiger partial charge in [-0.1, -0.05) is 0 Å². The van der Waals surface area contributed by atoms with E-state index in [1.54, 1.807) is 28.8 Å². The van der Waals surface area contributed by atoms with E-state index in [1.807, 2.05) is 46.4 Å². The Morgan fingerprint density at radius 3 is 2.46 bits per heavy atom. The molecule has 0 saturated carbocycles. The molecule has 0 aliphatic rings. The van der Waals surface area contributed by atoms with Gasteiger partial charge in [-0.3, -0.25) is 9.20 Å². The summed E-state index contributed by atoms with van der Waals surface area (Å²) in [7, 11) is 0. The van der Waals surface area contributed by atoms with Crippen molar-refractivity contribution in [3.05, 3.63) is 71.8 Å². The van der Waals surface area contributed by atoms with Crippen molar-refractivity contribution in [1.82, 2.24) is 14.3 Å². The fourth-order valence-corrected chi connectivity index (χ4v) is 3.26. The Bertz CT molecular complexity index is 857. The summed E-state index contributed by atoms with van der Waals surface area (Å²) in [5.41, 5.74) is 0.760. The maximum absolute atomic E-state index is 12.8. The van der Waals surface area contributed by atoms with Crippen LogP contribution in [0.4, 0.5) is 0 Å². The number of fused-ring (bicyclic) bond motifs is 1. The molecule has 0 aliphatic heterocycles. The van der Waals surface area contributed by atoms with Crippen molar-refractivity contribution >= 4 is 22.2 Å². The van der Waals surface area contributed by atoms with Crippen LogP contribution in [0.5, 0.6) is 0 Å². The van der Waals surface area contributed by atoms with Crippen LogP contribution in [0, 0.1) is 0 Å². The van der Waals surface area contributed by atoms with Crippen LogP contribution >= 0.6 is 11.3 Å². The number of hydrogen-bond acceptors (Lipinski definition) is 5. The van der Waals surface area contributed by atoms with Crippen molar-refractivity contribution in [3.63, 3.8) is 0 Å². The number of imidazole rings is 1. The van der Waals surface area contributed by atoms with Crippen molar-refractivity contribution < 1.29 is 13.6 Å². The summed E-state index contributed by atoms with van der Waals surface area (Å²) >= 11 is 1.55. The van der Waals surface area contributed by atoms with Gasteiger partial charge < -0.3 is 13.7 Å². The number of nitrogens with zero attached hydrogens (tertiary/aromatic N) is 3. The average Bonchev–Trinajstić information content (AvgIpc) is 3.31. The highest BCUT2D eigenvalue weighted by Crippen LogP contribution is 2.15. The summed E-state index contributed by atoms with van der Waals surface area (Å²) in [4.78, 5) is 19.8. The smallest absolute Gasteiger partial charge is 0.229 e. The molecule has 24 heavy (non-hydrogen) atoms. The van der Waals surface area contributed by atoms with Crippen molar-refractivity contribution in [2.75, 3.05) is 0 Å². The van der Waals surface area contributed by atoms with Crippen molar-refractivity contribution in [1.29, 1.82) is 0 Å². The Morgan fingerprint density at radius 2 is 1.88 bits per heavy atom. The van der Waals surface area contributed by atoms with Crippen LogP contribution in [0.15, 0.2) is 63.4 Å². The van der Waals surface area contributed by atoms with Crippen LogP contribution in [0.2, 0.25) is 0 Å². The molecule has 0 unspecified atom stereocenters. The van der Waals surface area contributed by atoms with Crippen LogP contribution in [0.3, 0.4) is 0 Å². The number of amides is 1. The predicted octanol–water partition coefficient (Wildman–Crippen LogP) is 3.35. The lowest BCUT2D eigenvalue weighted by Crippen LogP contribution is -2.31. The molecule has 0 aliphatic carbocycles. The second-order valence-electron chi connectivity index (χ2n) is 5.41. The SMILES string of the molecule is O=C(Cc1cn2ccsc2n1)N(Cc1ccco1)Cc1ccco1. The molecule has 0 spiro atoms. The van der Waals surface area contributed by atoms with Crippen molar-refractivity contribution in [3.8, 4) is 0 Å². The molecule has 6 nitrogen and oxygen atoms in total. The first kappa shape index (κ1) is 14.8. The molecule has 0 atom stereocenters. The summed E-state index contributed by atoms with van der Waals surface area (Å²) in [5.74, 6) is 1.45. The third kappa shape index (κ3) is 3.11. The average molecular weight is 341 g/mol. The standard InChI is InChI=1S/C17H15N3O3S/c21-16(9-13-10-19-5-8-24-17(19)18-13)20(11-14-3-1-6-22-14)12-15-4-2-7-23-15/h1-8,10H,9,11-12H2. The highest BCUT2D eigenvalue weighted by atomic mass is 32.1. The van der Waals surface area contributed by atoms with Crippen molar-refractivity contribution in [2.45, 2.75) is 19.5 Å². The Morgan fingerprint density at radius 1 is 1.17 bits per heavy atom. The molecule has 0 fully saturated rings. The van der Waals surface area contributed by atoms with Gasteiger partial charge in [0, 0.05) is 17.8 Å². The molecule has 4 rings (SSSR count). The van der Waals surface area contributed by atoms with Gasteiger partial charge in [-0.15, -0.1) is 11.3 Å². The molecule has 0 bridgehead atoms. The molecule has 4 heterocycles. The fourth-order valence-electron chi connectivity index (χ4n) is 2.54. The second kappa shape index (κ2) is 6.37. The summed E-state index contributed by atoms with van der Waals surface area (Å²) in [6.45, 7) is 0.795. The number of rotatable bonds is 6. The van der Waals surface area contributed by atoms with Gasteiger partial charge in [0.1, 0.15) is 11.5 Å². The van der Waals surface area contributed by atoms with E-state index < -0.39 is 0 Å². The summed E-state index contributed by atoms with van der Waals surface area (Å²) < 4.78 is 12.7. The van der Waals surface area contributed by atoms with E-state index >= 15 is 0 Å². The third-order valence-electron chi connectivity index (χ3n) is 3.68. The normalized spacial score (nSPS) is 11.2. The maximum Gasteiger partial charge on any atom is 0.229 e. The highest BCUT2D eigenvalue weighted by molar-refractivity contribution is 7.15. The van der Waals surface area contributed by atoms with Crippen LogP contribution in [0.25, 0.3) is 4.96 Å². The van der Waals surface area contributed by atoms with Crippen LogP contribution < -0.4 is 0 Å². The molecule has 4 aromatic heterocycles. The van der Waals surface area contributed by atoms with Gasteiger partial charge in [-0.25, -0.2) is 4.98 Å². The molecule has 0 N–H and O–H groups in total. The van der Waals surface area contributed by atoms with Gasteiger partial charge in [-0.05, 0) is 24.3 Å². The zero-order valence-electron chi connectivity index (χ0n) is 12.8. The van der Waals surface area contributed by atoms with E-state index in [2.05, 4.69) is 4.98 Å². The van der Waals surface area contributed by atoms with Crippen LogP contribution in [-0.4, -0.2) is 20.2 Å². The van der Waals surface area contributed by atoms with Gasteiger partial charge in [0.15, 0.2) is 4.96 Å². The molecule has 4 aromatic rings. The van der Waals surface area contributed by atoms with E-state index in [0.717, 1.165) is 22.2 Å². The summed E-state index contributed by atoms with van der Waals surface area (Å²) in [6, 6.07) is 7.34. The maximum atomic E-state index is 12.8. The lowest BCUT2D eigenvalue weighted by molar-refractivity contribution is -0.132. The number of carbonyl (C=O) groups is 1. The molecule has 7 heteroatoms. The number of furan rings is 2. The highest BCUT2D eigenvalue weighted by Gasteiger charge is 2.19. The zero-order chi connectivity index (χ0) is 16.4. The van der Waals surface area contributed by atoms with Gasteiger partial charge in [0.2, 0.25) is 5.91 Å².